The summed E-state index contributed by atoms with van der Waals surface area (Å²) >= 11 is 0. The highest BCUT2D eigenvalue weighted by Gasteiger charge is 2.22. The van der Waals surface area contributed by atoms with Crippen LogP contribution in [0.4, 0.5) is 0 Å². The molecule has 3 aromatic rings. The molecule has 0 amide bonds. The summed E-state index contributed by atoms with van der Waals surface area (Å²) in [6.45, 7) is 0. The van der Waals surface area contributed by atoms with Gasteiger partial charge >= 0.3 is 5.97 Å². The van der Waals surface area contributed by atoms with Crippen LogP contribution in [0.15, 0.2) is 67.0 Å². The molecule has 158 valence electrons. The SMILES string of the molecule is COc1ccc(/C=C/C(=O)c2c(OC)cc(OC)cc2OC(=O)c2cccnc2)cc1. The number of carbonyl (C=O) groups excluding carboxylic acids is 2. The molecule has 0 saturated heterocycles. The Morgan fingerprint density at radius 3 is 2.19 bits per heavy atom. The van der Waals surface area contributed by atoms with E-state index in [4.69, 9.17) is 18.9 Å². The Bertz CT molecular complexity index is 1090. The lowest BCUT2D eigenvalue weighted by Gasteiger charge is -2.14. The molecule has 0 unspecified atom stereocenters. The first-order valence-electron chi connectivity index (χ1n) is 9.30. The van der Waals surface area contributed by atoms with E-state index in [1.54, 1.807) is 49.7 Å². The lowest BCUT2D eigenvalue weighted by atomic mass is 10.1. The van der Waals surface area contributed by atoms with E-state index in [1.807, 2.05) is 12.1 Å². The number of rotatable bonds is 8. The molecule has 0 aliphatic rings. The highest BCUT2D eigenvalue weighted by molar-refractivity contribution is 6.11. The molecule has 0 atom stereocenters. The van der Waals surface area contributed by atoms with Crippen molar-refractivity contribution < 1.29 is 28.5 Å². The number of ketones is 1. The highest BCUT2D eigenvalue weighted by Crippen LogP contribution is 2.35. The molecule has 0 fully saturated rings. The lowest BCUT2D eigenvalue weighted by molar-refractivity contribution is 0.0732. The summed E-state index contributed by atoms with van der Waals surface area (Å²) in [5, 5.41) is 0. The van der Waals surface area contributed by atoms with Crippen molar-refractivity contribution >= 4 is 17.8 Å². The third-order valence-corrected chi connectivity index (χ3v) is 4.38. The second-order valence-electron chi connectivity index (χ2n) is 6.30. The van der Waals surface area contributed by atoms with Gasteiger partial charge in [-0.3, -0.25) is 9.78 Å². The minimum atomic E-state index is -0.656. The first kappa shape index (κ1) is 21.6. The minimum absolute atomic E-state index is 0.0226. The summed E-state index contributed by atoms with van der Waals surface area (Å²) in [6.07, 6.45) is 5.96. The van der Waals surface area contributed by atoms with Gasteiger partial charge < -0.3 is 18.9 Å². The van der Waals surface area contributed by atoms with Crippen LogP contribution in [0.2, 0.25) is 0 Å². The number of carbonyl (C=O) groups is 2. The molecule has 0 aliphatic carbocycles. The Labute approximate surface area is 179 Å². The minimum Gasteiger partial charge on any atom is -0.497 e. The van der Waals surface area contributed by atoms with Gasteiger partial charge in [0, 0.05) is 24.5 Å². The second-order valence-corrected chi connectivity index (χ2v) is 6.30. The van der Waals surface area contributed by atoms with E-state index in [2.05, 4.69) is 4.98 Å². The molecule has 2 aromatic carbocycles. The number of benzene rings is 2. The van der Waals surface area contributed by atoms with Gasteiger partial charge in [-0.2, -0.15) is 0 Å². The van der Waals surface area contributed by atoms with Crippen molar-refractivity contribution in [3.8, 4) is 23.0 Å². The van der Waals surface area contributed by atoms with Crippen LogP contribution in [-0.2, 0) is 0 Å². The fraction of sp³-hybridized carbons (Fsp3) is 0.125. The molecule has 7 nitrogen and oxygen atoms in total. The summed E-state index contributed by atoms with van der Waals surface area (Å²) in [4.78, 5) is 29.5. The number of allylic oxidation sites excluding steroid dienone is 1. The number of hydrogen-bond donors (Lipinski definition) is 0. The summed E-state index contributed by atoms with van der Waals surface area (Å²) in [7, 11) is 4.47. The maximum Gasteiger partial charge on any atom is 0.345 e. The summed E-state index contributed by atoms with van der Waals surface area (Å²) in [5.74, 6) is 0.277. The third kappa shape index (κ3) is 5.27. The second kappa shape index (κ2) is 10.1. The predicted octanol–water partition coefficient (Wildman–Crippen LogP) is 4.22. The molecule has 1 heterocycles. The first-order valence-corrected chi connectivity index (χ1v) is 9.30. The molecule has 0 aliphatic heterocycles. The lowest BCUT2D eigenvalue weighted by Crippen LogP contribution is -2.12. The van der Waals surface area contributed by atoms with E-state index in [-0.39, 0.29) is 22.6 Å². The molecular formula is C24H21NO6. The Morgan fingerprint density at radius 2 is 1.58 bits per heavy atom. The molecule has 3 rings (SSSR count). The normalized spacial score (nSPS) is 10.5. The van der Waals surface area contributed by atoms with E-state index >= 15 is 0 Å². The quantitative estimate of drug-likeness (QED) is 0.234. The smallest absolute Gasteiger partial charge is 0.345 e. The van der Waals surface area contributed by atoms with Gasteiger partial charge in [-0.05, 0) is 35.9 Å². The van der Waals surface area contributed by atoms with Gasteiger partial charge in [-0.15, -0.1) is 0 Å². The van der Waals surface area contributed by atoms with Crippen molar-refractivity contribution in [2.24, 2.45) is 0 Å². The van der Waals surface area contributed by atoms with Crippen LogP contribution in [0.1, 0.15) is 26.3 Å². The Morgan fingerprint density at radius 1 is 0.871 bits per heavy atom. The van der Waals surface area contributed by atoms with Crippen LogP contribution in [-0.4, -0.2) is 38.1 Å². The number of esters is 1. The fourth-order valence-corrected chi connectivity index (χ4v) is 2.78. The summed E-state index contributed by atoms with van der Waals surface area (Å²) in [5.41, 5.74) is 1.15. The van der Waals surface area contributed by atoms with E-state index < -0.39 is 11.8 Å². The predicted molar refractivity (Wildman–Crippen MR) is 115 cm³/mol. The van der Waals surface area contributed by atoms with Gasteiger partial charge in [-0.25, -0.2) is 4.79 Å². The zero-order valence-corrected chi connectivity index (χ0v) is 17.3. The van der Waals surface area contributed by atoms with Crippen LogP contribution in [0.5, 0.6) is 23.0 Å². The molecule has 1 aromatic heterocycles. The van der Waals surface area contributed by atoms with E-state index in [0.29, 0.717) is 11.5 Å². The zero-order chi connectivity index (χ0) is 22.2. The third-order valence-electron chi connectivity index (χ3n) is 4.38. The number of aromatic nitrogens is 1. The van der Waals surface area contributed by atoms with Crippen LogP contribution in [0.25, 0.3) is 6.08 Å². The van der Waals surface area contributed by atoms with Crippen molar-refractivity contribution in [1.29, 1.82) is 0 Å². The summed E-state index contributed by atoms with van der Waals surface area (Å²) in [6, 6.07) is 13.4. The monoisotopic (exact) mass is 419 g/mol. The van der Waals surface area contributed by atoms with Gasteiger partial charge in [0.15, 0.2) is 5.78 Å². The first-order chi connectivity index (χ1) is 15.0. The maximum absolute atomic E-state index is 13.0. The van der Waals surface area contributed by atoms with Crippen molar-refractivity contribution in [1.82, 2.24) is 4.98 Å². The van der Waals surface area contributed by atoms with Crippen LogP contribution < -0.4 is 18.9 Å². The number of hydrogen-bond acceptors (Lipinski definition) is 7. The maximum atomic E-state index is 13.0. The topological polar surface area (TPSA) is 84.0 Å². The van der Waals surface area contributed by atoms with Gasteiger partial charge in [0.1, 0.15) is 28.6 Å². The number of pyridine rings is 1. The van der Waals surface area contributed by atoms with Crippen molar-refractivity contribution in [2.45, 2.75) is 0 Å². The zero-order valence-electron chi connectivity index (χ0n) is 17.3. The molecule has 0 bridgehead atoms. The molecule has 0 radical (unpaired) electrons. The van der Waals surface area contributed by atoms with Crippen molar-refractivity contribution in [3.05, 3.63) is 83.7 Å². The van der Waals surface area contributed by atoms with Gasteiger partial charge in [0.2, 0.25) is 0 Å². The molecule has 7 heteroatoms. The van der Waals surface area contributed by atoms with Crippen molar-refractivity contribution in [3.63, 3.8) is 0 Å². The van der Waals surface area contributed by atoms with Crippen molar-refractivity contribution in [2.75, 3.05) is 21.3 Å². The average molecular weight is 419 g/mol. The standard InChI is InChI=1S/C24H21NO6/c1-28-18-9-6-16(7-10-18)8-11-20(26)23-21(30-3)13-19(29-2)14-22(23)31-24(27)17-5-4-12-25-15-17/h4-15H,1-3H3/b11-8+. The fourth-order valence-electron chi connectivity index (χ4n) is 2.78. The van der Waals surface area contributed by atoms with Crippen LogP contribution in [0, 0.1) is 0 Å². The molecule has 0 N–H and O–H groups in total. The van der Waals surface area contributed by atoms with E-state index in [9.17, 15) is 9.59 Å². The Balaban J connectivity index is 1.95. The van der Waals surface area contributed by atoms with Crippen LogP contribution in [0.3, 0.4) is 0 Å². The average Bonchev–Trinajstić information content (AvgIpc) is 2.82. The van der Waals surface area contributed by atoms with Gasteiger partial charge in [0.05, 0.1) is 26.9 Å². The van der Waals surface area contributed by atoms with Gasteiger partial charge in [-0.1, -0.05) is 18.2 Å². The Kier molecular flexibility index (Phi) is 7.01. The molecular weight excluding hydrogens is 398 g/mol. The molecule has 31 heavy (non-hydrogen) atoms. The van der Waals surface area contributed by atoms with Crippen LogP contribution >= 0.6 is 0 Å². The molecule has 0 saturated carbocycles. The van der Waals surface area contributed by atoms with E-state index in [0.717, 1.165) is 5.56 Å². The van der Waals surface area contributed by atoms with Gasteiger partial charge in [0.25, 0.3) is 0 Å². The Hall–Kier alpha value is -4.13. The number of ether oxygens (including phenoxy) is 4. The molecule has 0 spiro atoms. The highest BCUT2D eigenvalue weighted by atomic mass is 16.5. The van der Waals surface area contributed by atoms with E-state index in [1.165, 1.54) is 32.6 Å². The number of nitrogens with zero attached hydrogens (tertiary/aromatic N) is 1. The number of methoxy groups -OCH3 is 3. The summed E-state index contributed by atoms with van der Waals surface area (Å²) < 4.78 is 21.3. The largest absolute Gasteiger partial charge is 0.497 e.